The van der Waals surface area contributed by atoms with E-state index in [-0.39, 0.29) is 4.68 Å². The maximum Gasteiger partial charge on any atom is 0.435 e. The van der Waals surface area contributed by atoms with Crippen molar-refractivity contribution in [3.05, 3.63) is 28.2 Å². The van der Waals surface area contributed by atoms with Crippen molar-refractivity contribution in [2.45, 2.75) is 19.1 Å². The van der Waals surface area contributed by atoms with Gasteiger partial charge in [-0.25, -0.2) is 9.48 Å². The molecule has 0 aliphatic heterocycles. The van der Waals surface area contributed by atoms with Gasteiger partial charge in [-0.1, -0.05) is 0 Å². The van der Waals surface area contributed by atoms with Crippen molar-refractivity contribution in [1.29, 1.82) is 0 Å². The van der Waals surface area contributed by atoms with Crippen LogP contribution in [0.4, 0.5) is 13.2 Å². The van der Waals surface area contributed by atoms with Crippen LogP contribution >= 0.6 is 0 Å². The summed E-state index contributed by atoms with van der Waals surface area (Å²) in [5, 5.41) is 11.5. The van der Waals surface area contributed by atoms with Gasteiger partial charge < -0.3 is 5.11 Å². The van der Waals surface area contributed by atoms with E-state index in [1.165, 1.54) is 0 Å². The maximum atomic E-state index is 12.2. The van der Waals surface area contributed by atoms with Gasteiger partial charge in [-0.3, -0.25) is 4.79 Å². The number of nitrogens with zero attached hydrogens (tertiary/aromatic N) is 2. The minimum Gasteiger partial charge on any atom is -0.480 e. The second kappa shape index (κ2) is 3.95. The third kappa shape index (κ3) is 2.38. The predicted octanol–water partition coefficient (Wildman–Crippen LogP) is 0.908. The van der Waals surface area contributed by atoms with Gasteiger partial charge in [0.1, 0.15) is 0 Å². The highest BCUT2D eigenvalue weighted by Crippen LogP contribution is 2.26. The van der Waals surface area contributed by atoms with Gasteiger partial charge in [-0.15, -0.1) is 0 Å². The van der Waals surface area contributed by atoms with Crippen molar-refractivity contribution in [3.63, 3.8) is 0 Å². The summed E-state index contributed by atoms with van der Waals surface area (Å²) in [5.41, 5.74) is -2.21. The van der Waals surface area contributed by atoms with Gasteiger partial charge in [0.2, 0.25) is 0 Å². The molecule has 0 aromatic carbocycles. The molecular formula is C8H7F3N2O3. The zero-order valence-corrected chi connectivity index (χ0v) is 8.02. The second-order valence-corrected chi connectivity index (χ2v) is 3.01. The zero-order valence-electron chi connectivity index (χ0n) is 8.02. The highest BCUT2D eigenvalue weighted by Gasteiger charge is 2.34. The Morgan fingerprint density at radius 3 is 2.50 bits per heavy atom. The van der Waals surface area contributed by atoms with Gasteiger partial charge in [0, 0.05) is 6.07 Å². The molecule has 8 heteroatoms. The summed E-state index contributed by atoms with van der Waals surface area (Å²) >= 11 is 0. The lowest BCUT2D eigenvalue weighted by atomic mass is 10.3. The van der Waals surface area contributed by atoms with E-state index in [0.717, 1.165) is 6.92 Å². The molecule has 0 saturated carbocycles. The van der Waals surface area contributed by atoms with Gasteiger partial charge in [0.15, 0.2) is 11.7 Å². The van der Waals surface area contributed by atoms with Crippen LogP contribution in [0.2, 0.25) is 0 Å². The van der Waals surface area contributed by atoms with Gasteiger partial charge in [0.05, 0.1) is 0 Å². The third-order valence-corrected chi connectivity index (χ3v) is 1.84. The number of carbonyl (C=O) groups is 1. The molecule has 0 spiro atoms. The first-order valence-corrected chi connectivity index (χ1v) is 4.13. The Kier molecular flexibility index (Phi) is 3.02. The molecule has 1 rings (SSSR count). The molecule has 5 nitrogen and oxygen atoms in total. The van der Waals surface area contributed by atoms with Crippen molar-refractivity contribution in [1.82, 2.24) is 9.78 Å². The highest BCUT2D eigenvalue weighted by molar-refractivity contribution is 5.71. The molecule has 0 bridgehead atoms. The average molecular weight is 236 g/mol. The molecule has 1 unspecified atom stereocenters. The number of carboxylic acid groups (broad SMARTS) is 1. The molecule has 0 saturated heterocycles. The van der Waals surface area contributed by atoms with Crippen LogP contribution in [-0.2, 0) is 11.0 Å². The molecule has 1 aromatic rings. The van der Waals surface area contributed by atoms with E-state index in [9.17, 15) is 22.8 Å². The summed E-state index contributed by atoms with van der Waals surface area (Å²) in [6.07, 6.45) is -4.71. The first kappa shape index (κ1) is 12.2. The number of halogens is 3. The Labute approximate surface area is 87.1 Å². The van der Waals surface area contributed by atoms with Crippen LogP contribution in [-0.4, -0.2) is 20.9 Å². The minimum atomic E-state index is -4.71. The van der Waals surface area contributed by atoms with Crippen LogP contribution in [0.1, 0.15) is 18.7 Å². The summed E-state index contributed by atoms with van der Waals surface area (Å²) < 4.78 is 37.0. The van der Waals surface area contributed by atoms with Crippen LogP contribution in [0.25, 0.3) is 0 Å². The molecule has 88 valence electrons. The van der Waals surface area contributed by atoms with Crippen molar-refractivity contribution in [3.8, 4) is 0 Å². The first-order chi connectivity index (χ1) is 7.23. The molecule has 1 atom stereocenters. The quantitative estimate of drug-likeness (QED) is 0.828. The van der Waals surface area contributed by atoms with Gasteiger partial charge >= 0.3 is 12.1 Å². The number of hydrogen-bond acceptors (Lipinski definition) is 3. The number of aliphatic carboxylic acids is 1. The molecule has 0 radical (unpaired) electrons. The monoisotopic (exact) mass is 236 g/mol. The maximum absolute atomic E-state index is 12.2. The minimum absolute atomic E-state index is 0.283. The van der Waals surface area contributed by atoms with Gasteiger partial charge in [0.25, 0.3) is 5.56 Å². The second-order valence-electron chi connectivity index (χ2n) is 3.01. The van der Waals surface area contributed by atoms with E-state index >= 15 is 0 Å². The average Bonchev–Trinajstić information content (AvgIpc) is 2.15. The van der Waals surface area contributed by atoms with E-state index in [2.05, 4.69) is 5.10 Å². The fraction of sp³-hybridized carbons (Fsp3) is 0.375. The van der Waals surface area contributed by atoms with E-state index in [1.54, 1.807) is 0 Å². The summed E-state index contributed by atoms with van der Waals surface area (Å²) in [5.74, 6) is -1.44. The lowest BCUT2D eigenvalue weighted by molar-refractivity contribution is -0.145. The van der Waals surface area contributed by atoms with Crippen LogP contribution < -0.4 is 5.56 Å². The van der Waals surface area contributed by atoms with Gasteiger partial charge in [-0.05, 0) is 13.0 Å². The SMILES string of the molecule is CC(C(=O)O)n1nc(C(F)(F)F)ccc1=O. The molecular weight excluding hydrogens is 229 g/mol. The summed E-state index contributed by atoms with van der Waals surface area (Å²) in [6, 6.07) is -0.308. The Morgan fingerprint density at radius 2 is 2.06 bits per heavy atom. The molecule has 1 N–H and O–H groups in total. The number of hydrogen-bond donors (Lipinski definition) is 1. The number of rotatable bonds is 2. The predicted molar refractivity (Wildman–Crippen MR) is 45.8 cm³/mol. The van der Waals surface area contributed by atoms with Crippen LogP contribution in [0.15, 0.2) is 16.9 Å². The molecule has 0 aliphatic carbocycles. The van der Waals surface area contributed by atoms with E-state index in [1.807, 2.05) is 0 Å². The molecule has 0 amide bonds. The van der Waals surface area contributed by atoms with Crippen LogP contribution in [0.3, 0.4) is 0 Å². The molecule has 1 aromatic heterocycles. The van der Waals surface area contributed by atoms with Crippen molar-refractivity contribution in [2.24, 2.45) is 0 Å². The smallest absolute Gasteiger partial charge is 0.435 e. The summed E-state index contributed by atoms with van der Waals surface area (Å²) in [4.78, 5) is 21.6. The fourth-order valence-electron chi connectivity index (χ4n) is 0.959. The normalized spacial score (nSPS) is 13.5. The number of carboxylic acids is 1. The Hall–Kier alpha value is -1.86. The Balaban J connectivity index is 3.30. The summed E-state index contributed by atoms with van der Waals surface area (Å²) in [6.45, 7) is 1.07. The molecule has 1 heterocycles. The summed E-state index contributed by atoms with van der Waals surface area (Å²) in [7, 11) is 0. The lowest BCUT2D eigenvalue weighted by Crippen LogP contribution is -2.31. The zero-order chi connectivity index (χ0) is 12.5. The third-order valence-electron chi connectivity index (χ3n) is 1.84. The van der Waals surface area contributed by atoms with Crippen LogP contribution in [0.5, 0.6) is 0 Å². The van der Waals surface area contributed by atoms with Gasteiger partial charge in [-0.2, -0.15) is 18.3 Å². The van der Waals surface area contributed by atoms with Crippen LogP contribution in [0, 0.1) is 0 Å². The standard InChI is InChI=1S/C8H7F3N2O3/c1-4(7(15)16)13-6(14)3-2-5(12-13)8(9,10)11/h2-4H,1H3,(H,15,16). The Bertz CT molecular complexity index is 466. The first-order valence-electron chi connectivity index (χ1n) is 4.13. The van der Waals surface area contributed by atoms with E-state index < -0.39 is 29.4 Å². The molecule has 16 heavy (non-hydrogen) atoms. The van der Waals surface area contributed by atoms with Crippen molar-refractivity contribution >= 4 is 5.97 Å². The number of alkyl halides is 3. The molecule has 0 fully saturated rings. The van der Waals surface area contributed by atoms with Crippen molar-refractivity contribution in [2.75, 3.05) is 0 Å². The Morgan fingerprint density at radius 1 is 1.50 bits per heavy atom. The van der Waals surface area contributed by atoms with E-state index in [0.29, 0.717) is 12.1 Å². The fourth-order valence-corrected chi connectivity index (χ4v) is 0.959. The van der Waals surface area contributed by atoms with Crippen molar-refractivity contribution < 1.29 is 23.1 Å². The van der Waals surface area contributed by atoms with E-state index in [4.69, 9.17) is 5.11 Å². The topological polar surface area (TPSA) is 72.2 Å². The largest absolute Gasteiger partial charge is 0.480 e. The molecule has 0 aliphatic rings. The highest BCUT2D eigenvalue weighted by atomic mass is 19.4. The number of aromatic nitrogens is 2. The lowest BCUT2D eigenvalue weighted by Gasteiger charge is -2.11.